The predicted octanol–water partition coefficient (Wildman–Crippen LogP) is 4.90. The summed E-state index contributed by atoms with van der Waals surface area (Å²) in [6.45, 7) is 2.29. The van der Waals surface area contributed by atoms with Gasteiger partial charge in [0.15, 0.2) is 0 Å². The van der Waals surface area contributed by atoms with E-state index in [1.54, 1.807) is 0 Å². The molecular weight excluding hydrogens is 366 g/mol. The molecule has 1 N–H and O–H groups in total. The SMILES string of the molecule is CN(C(=O)OCC1c2ccccc2-c2ccccc21)C(CC1(C)CCC1)C(=O)O. The average molecular weight is 393 g/mol. The lowest BCUT2D eigenvalue weighted by Crippen LogP contribution is -2.47. The van der Waals surface area contributed by atoms with Gasteiger partial charge in [-0.15, -0.1) is 0 Å². The summed E-state index contributed by atoms with van der Waals surface area (Å²) < 4.78 is 5.62. The molecule has 2 aliphatic rings. The van der Waals surface area contributed by atoms with Crippen molar-refractivity contribution in [3.05, 3.63) is 59.7 Å². The molecule has 0 aliphatic heterocycles. The fourth-order valence-electron chi connectivity index (χ4n) is 4.66. The fraction of sp³-hybridized carbons (Fsp3) is 0.417. The monoisotopic (exact) mass is 393 g/mol. The van der Waals surface area contributed by atoms with Crippen LogP contribution in [0.25, 0.3) is 11.1 Å². The van der Waals surface area contributed by atoms with Gasteiger partial charge in [0.25, 0.3) is 0 Å². The van der Waals surface area contributed by atoms with Crippen molar-refractivity contribution in [1.82, 2.24) is 4.90 Å². The molecule has 1 fully saturated rings. The Balaban J connectivity index is 1.47. The second-order valence-corrected chi connectivity index (χ2v) is 8.64. The molecule has 0 radical (unpaired) electrons. The minimum Gasteiger partial charge on any atom is -0.480 e. The second kappa shape index (κ2) is 7.54. The lowest BCUT2D eigenvalue weighted by atomic mass is 9.67. The first-order chi connectivity index (χ1) is 13.9. The van der Waals surface area contributed by atoms with E-state index in [-0.39, 0.29) is 17.9 Å². The molecule has 5 nitrogen and oxygen atoms in total. The molecule has 0 spiro atoms. The summed E-state index contributed by atoms with van der Waals surface area (Å²) >= 11 is 0. The summed E-state index contributed by atoms with van der Waals surface area (Å²) in [4.78, 5) is 25.8. The number of amides is 1. The molecule has 2 aromatic rings. The van der Waals surface area contributed by atoms with E-state index in [2.05, 4.69) is 31.2 Å². The molecule has 1 atom stereocenters. The van der Waals surface area contributed by atoms with E-state index in [1.165, 1.54) is 23.1 Å². The molecule has 0 bridgehead atoms. The number of fused-ring (bicyclic) bond motifs is 3. The highest BCUT2D eigenvalue weighted by atomic mass is 16.6. The molecule has 0 heterocycles. The van der Waals surface area contributed by atoms with Gasteiger partial charge in [-0.25, -0.2) is 9.59 Å². The zero-order valence-electron chi connectivity index (χ0n) is 16.9. The minimum atomic E-state index is -0.978. The van der Waals surface area contributed by atoms with Crippen LogP contribution >= 0.6 is 0 Å². The number of carboxylic acids is 1. The highest BCUT2D eigenvalue weighted by Crippen LogP contribution is 2.46. The number of carbonyl (C=O) groups is 2. The highest BCUT2D eigenvalue weighted by Gasteiger charge is 2.40. The Labute approximate surface area is 171 Å². The molecule has 0 saturated heterocycles. The van der Waals surface area contributed by atoms with Gasteiger partial charge < -0.3 is 9.84 Å². The summed E-state index contributed by atoms with van der Waals surface area (Å²) in [5.74, 6) is -1.01. The summed E-state index contributed by atoms with van der Waals surface area (Å²) in [5.41, 5.74) is 4.61. The van der Waals surface area contributed by atoms with Gasteiger partial charge in [-0.05, 0) is 46.9 Å². The Morgan fingerprint density at radius 1 is 1.10 bits per heavy atom. The van der Waals surface area contributed by atoms with Crippen molar-refractivity contribution in [1.29, 1.82) is 0 Å². The lowest BCUT2D eigenvalue weighted by Gasteiger charge is -2.41. The molecule has 2 aromatic carbocycles. The van der Waals surface area contributed by atoms with E-state index in [0.717, 1.165) is 30.4 Å². The van der Waals surface area contributed by atoms with Crippen LogP contribution in [-0.4, -0.2) is 41.8 Å². The van der Waals surface area contributed by atoms with Crippen molar-refractivity contribution in [2.75, 3.05) is 13.7 Å². The molecule has 152 valence electrons. The zero-order chi connectivity index (χ0) is 20.6. The Hall–Kier alpha value is -2.82. The number of rotatable bonds is 6. The van der Waals surface area contributed by atoms with Crippen molar-refractivity contribution in [3.8, 4) is 11.1 Å². The summed E-state index contributed by atoms with van der Waals surface area (Å²) in [6, 6.07) is 15.4. The summed E-state index contributed by atoms with van der Waals surface area (Å²) in [7, 11) is 1.53. The summed E-state index contributed by atoms with van der Waals surface area (Å²) in [5, 5.41) is 9.67. The smallest absolute Gasteiger partial charge is 0.410 e. The van der Waals surface area contributed by atoms with Crippen LogP contribution < -0.4 is 0 Å². The molecular formula is C24H27NO4. The molecule has 5 heteroatoms. The van der Waals surface area contributed by atoms with Crippen molar-refractivity contribution < 1.29 is 19.4 Å². The van der Waals surface area contributed by atoms with E-state index in [0.29, 0.717) is 6.42 Å². The van der Waals surface area contributed by atoms with Gasteiger partial charge in [-0.3, -0.25) is 4.90 Å². The first-order valence-electron chi connectivity index (χ1n) is 10.2. The maximum atomic E-state index is 12.7. The van der Waals surface area contributed by atoms with Gasteiger partial charge in [0.1, 0.15) is 12.6 Å². The average Bonchev–Trinajstić information content (AvgIpc) is 3.02. The van der Waals surface area contributed by atoms with Crippen LogP contribution in [0.5, 0.6) is 0 Å². The number of carbonyl (C=O) groups excluding carboxylic acids is 1. The largest absolute Gasteiger partial charge is 0.480 e. The molecule has 0 aromatic heterocycles. The van der Waals surface area contributed by atoms with Crippen molar-refractivity contribution in [2.24, 2.45) is 5.41 Å². The number of carboxylic acid groups (broad SMARTS) is 1. The molecule has 1 amide bonds. The molecule has 4 rings (SSSR count). The molecule has 1 saturated carbocycles. The molecule has 29 heavy (non-hydrogen) atoms. The van der Waals surface area contributed by atoms with Crippen LogP contribution in [0.2, 0.25) is 0 Å². The van der Waals surface area contributed by atoms with Gasteiger partial charge in [-0.2, -0.15) is 0 Å². The summed E-state index contributed by atoms with van der Waals surface area (Å²) in [6.07, 6.45) is 3.02. The number of hydrogen-bond donors (Lipinski definition) is 1. The van der Waals surface area contributed by atoms with Crippen LogP contribution in [0.4, 0.5) is 4.79 Å². The Morgan fingerprint density at radius 3 is 2.14 bits per heavy atom. The Morgan fingerprint density at radius 2 is 1.66 bits per heavy atom. The quantitative estimate of drug-likeness (QED) is 0.758. The number of ether oxygens (including phenoxy) is 1. The third-order valence-corrected chi connectivity index (χ3v) is 6.62. The second-order valence-electron chi connectivity index (χ2n) is 8.64. The van der Waals surface area contributed by atoms with Crippen LogP contribution in [-0.2, 0) is 9.53 Å². The zero-order valence-corrected chi connectivity index (χ0v) is 16.9. The van der Waals surface area contributed by atoms with Crippen molar-refractivity contribution in [2.45, 2.75) is 44.6 Å². The van der Waals surface area contributed by atoms with Gasteiger partial charge in [-0.1, -0.05) is 61.9 Å². The number of aliphatic carboxylic acids is 1. The van der Waals surface area contributed by atoms with E-state index < -0.39 is 18.1 Å². The standard InChI is InChI=1S/C24H27NO4/c1-24(12-7-13-24)14-21(22(26)27)25(2)23(28)29-15-20-18-10-5-3-8-16(18)17-9-4-6-11-19(17)20/h3-6,8-11,20-21H,7,12-15H2,1-2H3,(H,26,27). The van der Waals surface area contributed by atoms with Gasteiger partial charge in [0, 0.05) is 13.0 Å². The van der Waals surface area contributed by atoms with E-state index in [9.17, 15) is 14.7 Å². The third kappa shape index (κ3) is 3.61. The van der Waals surface area contributed by atoms with E-state index in [4.69, 9.17) is 4.74 Å². The number of nitrogens with zero attached hydrogens (tertiary/aromatic N) is 1. The number of hydrogen-bond acceptors (Lipinski definition) is 3. The van der Waals surface area contributed by atoms with Crippen molar-refractivity contribution in [3.63, 3.8) is 0 Å². The van der Waals surface area contributed by atoms with E-state index in [1.807, 2.05) is 24.3 Å². The van der Waals surface area contributed by atoms with Gasteiger partial charge in [0.05, 0.1) is 0 Å². The van der Waals surface area contributed by atoms with E-state index >= 15 is 0 Å². The van der Waals surface area contributed by atoms with Crippen LogP contribution in [0, 0.1) is 5.41 Å². The first kappa shape index (κ1) is 19.5. The van der Waals surface area contributed by atoms with Gasteiger partial charge in [0.2, 0.25) is 0 Å². The Kier molecular flexibility index (Phi) is 5.07. The molecule has 1 unspecified atom stereocenters. The lowest BCUT2D eigenvalue weighted by molar-refractivity contribution is -0.144. The number of benzene rings is 2. The van der Waals surface area contributed by atoms with Gasteiger partial charge >= 0.3 is 12.1 Å². The highest BCUT2D eigenvalue weighted by molar-refractivity contribution is 5.81. The van der Waals surface area contributed by atoms with Crippen molar-refractivity contribution >= 4 is 12.1 Å². The predicted molar refractivity (Wildman–Crippen MR) is 111 cm³/mol. The maximum absolute atomic E-state index is 12.7. The first-order valence-corrected chi connectivity index (χ1v) is 10.2. The fourth-order valence-corrected chi connectivity index (χ4v) is 4.66. The topological polar surface area (TPSA) is 66.8 Å². The van der Waals surface area contributed by atoms with Crippen LogP contribution in [0.3, 0.4) is 0 Å². The van der Waals surface area contributed by atoms with Crippen LogP contribution in [0.15, 0.2) is 48.5 Å². The molecule has 2 aliphatic carbocycles. The number of likely N-dealkylation sites (N-methyl/N-ethyl adjacent to an activating group) is 1. The maximum Gasteiger partial charge on any atom is 0.410 e. The Bertz CT molecular complexity index is 888. The third-order valence-electron chi connectivity index (χ3n) is 6.62. The van der Waals surface area contributed by atoms with Crippen LogP contribution in [0.1, 0.15) is 49.7 Å². The minimum absolute atomic E-state index is 0.000922. The normalized spacial score (nSPS) is 17.6.